The van der Waals surface area contributed by atoms with E-state index in [0.29, 0.717) is 11.3 Å². The van der Waals surface area contributed by atoms with Crippen LogP contribution in [-0.4, -0.2) is 12.1 Å². The fraction of sp³-hybridized carbons (Fsp3) is 0.429. The lowest BCUT2D eigenvalue weighted by molar-refractivity contribution is 0.192. The summed E-state index contributed by atoms with van der Waals surface area (Å²) >= 11 is 0. The molecule has 18 heavy (non-hydrogen) atoms. The number of hydrogen-bond acceptors (Lipinski definition) is 3. The van der Waals surface area contributed by atoms with E-state index in [9.17, 15) is 4.79 Å². The predicted octanol–water partition coefficient (Wildman–Crippen LogP) is 2.98. The highest BCUT2D eigenvalue weighted by Crippen LogP contribution is 2.19. The average molecular weight is 244 g/mol. The summed E-state index contributed by atoms with van der Waals surface area (Å²) in [5.41, 5.74) is 0.372. The van der Waals surface area contributed by atoms with Crippen molar-refractivity contribution in [3.8, 4) is 11.8 Å². The number of nitriles is 1. The SMILES string of the molecule is N#Cc1ccccc1OC(=O)NC1CCCCC1. The van der Waals surface area contributed by atoms with Gasteiger partial charge in [-0.3, -0.25) is 0 Å². The van der Waals surface area contributed by atoms with Gasteiger partial charge in [0.2, 0.25) is 0 Å². The molecular weight excluding hydrogens is 228 g/mol. The molecule has 2 rings (SSSR count). The fourth-order valence-electron chi connectivity index (χ4n) is 2.19. The number of para-hydroxylation sites is 1. The maximum atomic E-state index is 11.7. The second-order valence-electron chi connectivity index (χ2n) is 4.48. The molecule has 1 saturated carbocycles. The first-order valence-electron chi connectivity index (χ1n) is 6.27. The van der Waals surface area contributed by atoms with E-state index in [1.54, 1.807) is 24.3 Å². The molecule has 0 saturated heterocycles. The van der Waals surface area contributed by atoms with E-state index in [-0.39, 0.29) is 6.04 Å². The van der Waals surface area contributed by atoms with Gasteiger partial charge in [0.1, 0.15) is 6.07 Å². The van der Waals surface area contributed by atoms with Crippen molar-refractivity contribution in [1.29, 1.82) is 5.26 Å². The van der Waals surface area contributed by atoms with Gasteiger partial charge >= 0.3 is 6.09 Å². The zero-order chi connectivity index (χ0) is 12.8. The third-order valence-electron chi connectivity index (χ3n) is 3.14. The molecular formula is C14H16N2O2. The predicted molar refractivity (Wildman–Crippen MR) is 67.2 cm³/mol. The van der Waals surface area contributed by atoms with Crippen molar-refractivity contribution in [2.45, 2.75) is 38.1 Å². The van der Waals surface area contributed by atoms with Gasteiger partial charge in [-0.1, -0.05) is 31.4 Å². The van der Waals surface area contributed by atoms with Crippen molar-refractivity contribution < 1.29 is 9.53 Å². The van der Waals surface area contributed by atoms with Gasteiger partial charge in [-0.25, -0.2) is 4.79 Å². The lowest BCUT2D eigenvalue weighted by atomic mass is 9.96. The van der Waals surface area contributed by atoms with E-state index >= 15 is 0 Å². The molecule has 1 amide bonds. The van der Waals surface area contributed by atoms with Crippen LogP contribution in [0.15, 0.2) is 24.3 Å². The molecule has 1 aliphatic carbocycles. The quantitative estimate of drug-likeness (QED) is 0.869. The first-order valence-corrected chi connectivity index (χ1v) is 6.27. The van der Waals surface area contributed by atoms with Crippen LogP contribution in [0, 0.1) is 11.3 Å². The maximum absolute atomic E-state index is 11.7. The minimum absolute atomic E-state index is 0.209. The molecule has 1 N–H and O–H groups in total. The molecule has 0 unspecified atom stereocenters. The van der Waals surface area contributed by atoms with Gasteiger partial charge in [-0.05, 0) is 25.0 Å². The largest absolute Gasteiger partial charge is 0.412 e. The van der Waals surface area contributed by atoms with Gasteiger partial charge in [0.15, 0.2) is 5.75 Å². The number of benzene rings is 1. The zero-order valence-electron chi connectivity index (χ0n) is 10.2. The Hall–Kier alpha value is -2.02. The summed E-state index contributed by atoms with van der Waals surface area (Å²) in [4.78, 5) is 11.7. The Morgan fingerprint density at radius 1 is 1.28 bits per heavy atom. The van der Waals surface area contributed by atoms with Crippen molar-refractivity contribution in [2.75, 3.05) is 0 Å². The van der Waals surface area contributed by atoms with Gasteiger partial charge in [0.05, 0.1) is 5.56 Å². The van der Waals surface area contributed by atoms with Crippen molar-refractivity contribution in [1.82, 2.24) is 5.32 Å². The van der Waals surface area contributed by atoms with Gasteiger partial charge in [-0.2, -0.15) is 5.26 Å². The molecule has 4 heteroatoms. The molecule has 0 aliphatic heterocycles. The number of nitrogens with zero attached hydrogens (tertiary/aromatic N) is 1. The van der Waals surface area contributed by atoms with Crippen LogP contribution < -0.4 is 10.1 Å². The number of rotatable bonds is 2. The highest BCUT2D eigenvalue weighted by molar-refractivity contribution is 5.71. The number of carbonyl (C=O) groups is 1. The first-order chi connectivity index (χ1) is 8.79. The number of amides is 1. The summed E-state index contributed by atoms with van der Waals surface area (Å²) in [7, 11) is 0. The van der Waals surface area contributed by atoms with E-state index in [4.69, 9.17) is 10.00 Å². The molecule has 94 valence electrons. The third-order valence-corrected chi connectivity index (χ3v) is 3.14. The van der Waals surface area contributed by atoms with E-state index in [1.165, 1.54) is 6.42 Å². The van der Waals surface area contributed by atoms with E-state index < -0.39 is 6.09 Å². The maximum Gasteiger partial charge on any atom is 0.412 e. The van der Waals surface area contributed by atoms with Gasteiger partial charge < -0.3 is 10.1 Å². The first kappa shape index (κ1) is 12.4. The Balaban J connectivity index is 1.92. The van der Waals surface area contributed by atoms with Crippen LogP contribution in [0.1, 0.15) is 37.7 Å². The van der Waals surface area contributed by atoms with Crippen LogP contribution in [0.2, 0.25) is 0 Å². The highest BCUT2D eigenvalue weighted by Gasteiger charge is 2.17. The number of hydrogen-bond donors (Lipinski definition) is 1. The van der Waals surface area contributed by atoms with E-state index in [0.717, 1.165) is 25.7 Å². The summed E-state index contributed by atoms with van der Waals surface area (Å²) in [6.45, 7) is 0. The van der Waals surface area contributed by atoms with Crippen molar-refractivity contribution >= 4 is 6.09 Å². The minimum Gasteiger partial charge on any atom is -0.409 e. The summed E-state index contributed by atoms with van der Waals surface area (Å²) < 4.78 is 5.17. The molecule has 0 bridgehead atoms. The molecule has 4 nitrogen and oxygen atoms in total. The molecule has 0 heterocycles. The summed E-state index contributed by atoms with van der Waals surface area (Å²) in [5.74, 6) is 0.313. The standard InChI is InChI=1S/C14H16N2O2/c15-10-11-6-4-5-9-13(11)18-14(17)16-12-7-2-1-3-8-12/h4-6,9,12H,1-3,7-8H2,(H,16,17). The summed E-state index contributed by atoms with van der Waals surface area (Å²) in [6.07, 6.45) is 5.10. The molecule has 1 aromatic rings. The molecule has 0 spiro atoms. The Kier molecular flexibility index (Phi) is 4.19. The third kappa shape index (κ3) is 3.24. The second kappa shape index (κ2) is 6.06. The minimum atomic E-state index is -0.468. The van der Waals surface area contributed by atoms with Crippen LogP contribution >= 0.6 is 0 Å². The number of ether oxygens (including phenoxy) is 1. The topological polar surface area (TPSA) is 62.1 Å². The van der Waals surface area contributed by atoms with Gasteiger partial charge in [0.25, 0.3) is 0 Å². The summed E-state index contributed by atoms with van der Waals surface area (Å²) in [5, 5.41) is 11.7. The molecule has 1 fully saturated rings. The van der Waals surface area contributed by atoms with Crippen LogP contribution in [0.3, 0.4) is 0 Å². The van der Waals surface area contributed by atoms with Crippen LogP contribution in [-0.2, 0) is 0 Å². The van der Waals surface area contributed by atoms with Crippen LogP contribution in [0.4, 0.5) is 4.79 Å². The summed E-state index contributed by atoms with van der Waals surface area (Å²) in [6, 6.07) is 8.94. The molecule has 0 atom stereocenters. The van der Waals surface area contributed by atoms with Gasteiger partial charge in [0, 0.05) is 6.04 Å². The highest BCUT2D eigenvalue weighted by atomic mass is 16.6. The normalized spacial score (nSPS) is 15.7. The lowest BCUT2D eigenvalue weighted by Gasteiger charge is -2.22. The van der Waals surface area contributed by atoms with E-state index in [1.807, 2.05) is 6.07 Å². The zero-order valence-corrected chi connectivity index (χ0v) is 10.2. The molecule has 0 radical (unpaired) electrons. The van der Waals surface area contributed by atoms with Crippen molar-refractivity contribution in [2.24, 2.45) is 0 Å². The number of carbonyl (C=O) groups excluding carboxylic acids is 1. The van der Waals surface area contributed by atoms with Crippen LogP contribution in [0.25, 0.3) is 0 Å². The fourth-order valence-corrected chi connectivity index (χ4v) is 2.19. The Bertz CT molecular complexity index is 459. The van der Waals surface area contributed by atoms with E-state index in [2.05, 4.69) is 5.32 Å². The Morgan fingerprint density at radius 3 is 2.72 bits per heavy atom. The number of nitrogens with one attached hydrogen (secondary N) is 1. The monoisotopic (exact) mass is 244 g/mol. The Morgan fingerprint density at radius 2 is 2.00 bits per heavy atom. The second-order valence-corrected chi connectivity index (χ2v) is 4.48. The van der Waals surface area contributed by atoms with Crippen molar-refractivity contribution in [3.63, 3.8) is 0 Å². The molecule has 1 aliphatic rings. The lowest BCUT2D eigenvalue weighted by Crippen LogP contribution is -2.38. The smallest absolute Gasteiger partial charge is 0.409 e. The van der Waals surface area contributed by atoms with Crippen LogP contribution in [0.5, 0.6) is 5.75 Å². The van der Waals surface area contributed by atoms with Gasteiger partial charge in [-0.15, -0.1) is 0 Å². The molecule has 1 aromatic carbocycles. The van der Waals surface area contributed by atoms with Crippen molar-refractivity contribution in [3.05, 3.63) is 29.8 Å². The Labute approximate surface area is 107 Å². The average Bonchev–Trinajstić information content (AvgIpc) is 2.40. The molecule has 0 aromatic heterocycles.